The lowest BCUT2D eigenvalue weighted by Crippen LogP contribution is -2.48. The summed E-state index contributed by atoms with van der Waals surface area (Å²) in [5, 5.41) is 7.72. The van der Waals surface area contributed by atoms with Crippen molar-refractivity contribution in [1.82, 2.24) is 4.72 Å². The van der Waals surface area contributed by atoms with Crippen molar-refractivity contribution in [3.05, 3.63) is 23.8 Å². The predicted octanol–water partition coefficient (Wildman–Crippen LogP) is 1.42. The van der Waals surface area contributed by atoms with Gasteiger partial charge in [0.2, 0.25) is 10.0 Å². The highest BCUT2D eigenvalue weighted by molar-refractivity contribution is 7.90. The second kappa shape index (κ2) is 7.18. The molecule has 0 radical (unpaired) electrons. The van der Waals surface area contributed by atoms with Crippen LogP contribution in [-0.4, -0.2) is 44.5 Å². The fraction of sp³-hybridized carbons (Fsp3) is 0.533. The Morgan fingerprint density at radius 1 is 1.22 bits per heavy atom. The van der Waals surface area contributed by atoms with Crippen LogP contribution in [0, 0.1) is 0 Å². The van der Waals surface area contributed by atoms with Crippen LogP contribution >= 0.6 is 0 Å². The Balaban J connectivity index is 3.13. The quantitative estimate of drug-likeness (QED) is 0.775. The maximum absolute atomic E-state index is 12.3. The number of sulfonamides is 1. The van der Waals surface area contributed by atoms with Crippen molar-refractivity contribution < 1.29 is 27.8 Å². The molecule has 0 fully saturated rings. The normalized spacial score (nSPS) is 13.4. The van der Waals surface area contributed by atoms with Gasteiger partial charge in [-0.2, -0.15) is 0 Å². The zero-order valence-electron chi connectivity index (χ0n) is 13.9. The van der Waals surface area contributed by atoms with Crippen LogP contribution in [0.2, 0.25) is 0 Å². The third-order valence-corrected chi connectivity index (χ3v) is 4.98. The molecule has 0 aliphatic heterocycles. The molecule has 23 heavy (non-hydrogen) atoms. The molecular weight excluding hydrogens is 322 g/mol. The SMILES string of the molecule is COc1ccc(CC(C(=O)O)S(=O)(=O)NC(C)(C)C)cc1OC. The van der Waals surface area contributed by atoms with E-state index < -0.39 is 26.8 Å². The molecule has 0 amide bonds. The summed E-state index contributed by atoms with van der Waals surface area (Å²) in [6.07, 6.45) is -0.179. The van der Waals surface area contributed by atoms with Crippen molar-refractivity contribution in [3.63, 3.8) is 0 Å². The zero-order chi connectivity index (χ0) is 17.8. The van der Waals surface area contributed by atoms with Gasteiger partial charge in [0, 0.05) is 12.0 Å². The van der Waals surface area contributed by atoms with Gasteiger partial charge in [-0.3, -0.25) is 4.79 Å². The van der Waals surface area contributed by atoms with Gasteiger partial charge in [0.05, 0.1) is 14.2 Å². The number of ether oxygens (including phenoxy) is 2. The molecule has 1 aromatic rings. The van der Waals surface area contributed by atoms with Gasteiger partial charge in [0.1, 0.15) is 0 Å². The second-order valence-electron chi connectivity index (χ2n) is 6.12. The molecule has 130 valence electrons. The Bertz CT molecular complexity index is 663. The van der Waals surface area contributed by atoms with Gasteiger partial charge in [-0.15, -0.1) is 0 Å². The zero-order valence-corrected chi connectivity index (χ0v) is 14.7. The van der Waals surface area contributed by atoms with Crippen molar-refractivity contribution in [2.75, 3.05) is 14.2 Å². The third kappa shape index (κ3) is 5.40. The van der Waals surface area contributed by atoms with E-state index in [0.29, 0.717) is 17.1 Å². The molecule has 0 saturated carbocycles. The number of hydrogen-bond acceptors (Lipinski definition) is 5. The van der Waals surface area contributed by atoms with Crippen LogP contribution in [0.4, 0.5) is 0 Å². The van der Waals surface area contributed by atoms with E-state index in [1.165, 1.54) is 14.2 Å². The fourth-order valence-corrected chi connectivity index (χ4v) is 3.72. The van der Waals surface area contributed by atoms with Gasteiger partial charge in [0.15, 0.2) is 16.7 Å². The van der Waals surface area contributed by atoms with Crippen LogP contribution < -0.4 is 14.2 Å². The molecule has 0 aliphatic rings. The topological polar surface area (TPSA) is 102 Å². The Morgan fingerprint density at radius 2 is 1.78 bits per heavy atom. The van der Waals surface area contributed by atoms with Crippen LogP contribution in [0.5, 0.6) is 11.5 Å². The number of methoxy groups -OCH3 is 2. The standard InChI is InChI=1S/C15H23NO6S/c1-15(2,3)16-23(19,20)13(14(17)18)9-10-6-7-11(21-4)12(8-10)22-5/h6-8,13,16H,9H2,1-5H3,(H,17,18). The van der Waals surface area contributed by atoms with Crippen LogP contribution in [0.3, 0.4) is 0 Å². The molecule has 0 aromatic heterocycles. The summed E-state index contributed by atoms with van der Waals surface area (Å²) in [7, 11) is -1.10. The van der Waals surface area contributed by atoms with Crippen molar-refractivity contribution in [1.29, 1.82) is 0 Å². The van der Waals surface area contributed by atoms with Crippen molar-refractivity contribution in [2.45, 2.75) is 38.0 Å². The molecule has 0 spiro atoms. The molecule has 0 saturated heterocycles. The molecule has 0 bridgehead atoms. The lowest BCUT2D eigenvalue weighted by molar-refractivity contribution is -0.136. The number of carboxylic acids is 1. The van der Waals surface area contributed by atoms with Gasteiger partial charge in [-0.25, -0.2) is 13.1 Å². The summed E-state index contributed by atoms with van der Waals surface area (Å²) in [6, 6.07) is 4.79. The van der Waals surface area contributed by atoms with Gasteiger partial charge in [-0.1, -0.05) is 6.07 Å². The van der Waals surface area contributed by atoms with E-state index in [-0.39, 0.29) is 6.42 Å². The summed E-state index contributed by atoms with van der Waals surface area (Å²) >= 11 is 0. The Morgan fingerprint density at radius 3 is 2.22 bits per heavy atom. The van der Waals surface area contributed by atoms with Crippen molar-refractivity contribution >= 4 is 16.0 Å². The Labute approximate surface area is 136 Å². The molecule has 1 atom stereocenters. The number of benzene rings is 1. The minimum absolute atomic E-state index is 0.179. The minimum atomic E-state index is -4.03. The number of aliphatic carboxylic acids is 1. The van der Waals surface area contributed by atoms with Gasteiger partial charge < -0.3 is 14.6 Å². The van der Waals surface area contributed by atoms with Crippen molar-refractivity contribution in [3.8, 4) is 11.5 Å². The van der Waals surface area contributed by atoms with Crippen molar-refractivity contribution in [2.24, 2.45) is 0 Å². The first-order valence-corrected chi connectivity index (χ1v) is 8.51. The number of carboxylic acid groups (broad SMARTS) is 1. The molecule has 7 nitrogen and oxygen atoms in total. The summed E-state index contributed by atoms with van der Waals surface area (Å²) in [5.74, 6) is -0.509. The van der Waals surface area contributed by atoms with E-state index in [4.69, 9.17) is 9.47 Å². The van der Waals surface area contributed by atoms with E-state index in [1.807, 2.05) is 0 Å². The number of hydrogen-bond donors (Lipinski definition) is 2. The summed E-state index contributed by atoms with van der Waals surface area (Å²) in [5.41, 5.74) is -0.237. The highest BCUT2D eigenvalue weighted by atomic mass is 32.2. The van der Waals surface area contributed by atoms with Crippen LogP contribution in [0.25, 0.3) is 0 Å². The number of rotatable bonds is 7. The number of carbonyl (C=O) groups is 1. The monoisotopic (exact) mass is 345 g/mol. The maximum Gasteiger partial charge on any atom is 0.323 e. The maximum atomic E-state index is 12.3. The van der Waals surface area contributed by atoms with E-state index >= 15 is 0 Å². The molecule has 8 heteroatoms. The largest absolute Gasteiger partial charge is 0.493 e. The molecule has 1 unspecified atom stereocenters. The summed E-state index contributed by atoms with van der Waals surface area (Å²) < 4.78 is 37.3. The van der Waals surface area contributed by atoms with Crippen LogP contribution in [-0.2, 0) is 21.2 Å². The Hall–Kier alpha value is -1.80. The molecule has 1 aromatic carbocycles. The number of nitrogens with one attached hydrogen (secondary N) is 1. The molecule has 1 rings (SSSR count). The average molecular weight is 345 g/mol. The lowest BCUT2D eigenvalue weighted by atomic mass is 10.1. The van der Waals surface area contributed by atoms with Crippen LogP contribution in [0.1, 0.15) is 26.3 Å². The van der Waals surface area contributed by atoms with Gasteiger partial charge >= 0.3 is 5.97 Å². The van der Waals surface area contributed by atoms with Crippen LogP contribution in [0.15, 0.2) is 18.2 Å². The summed E-state index contributed by atoms with van der Waals surface area (Å²) in [6.45, 7) is 4.96. The predicted molar refractivity (Wildman–Crippen MR) is 86.5 cm³/mol. The highest BCUT2D eigenvalue weighted by Gasteiger charge is 2.35. The fourth-order valence-electron chi connectivity index (χ4n) is 2.05. The van der Waals surface area contributed by atoms with E-state index in [0.717, 1.165) is 0 Å². The average Bonchev–Trinajstić information content (AvgIpc) is 2.41. The van der Waals surface area contributed by atoms with E-state index in [2.05, 4.69) is 4.72 Å². The lowest BCUT2D eigenvalue weighted by Gasteiger charge is -2.23. The highest BCUT2D eigenvalue weighted by Crippen LogP contribution is 2.28. The summed E-state index contributed by atoms with van der Waals surface area (Å²) in [4.78, 5) is 11.4. The first-order chi connectivity index (χ1) is 10.5. The van der Waals surface area contributed by atoms with E-state index in [1.54, 1.807) is 39.0 Å². The third-order valence-electron chi connectivity index (χ3n) is 2.97. The Kier molecular flexibility index (Phi) is 6.01. The first kappa shape index (κ1) is 19.2. The van der Waals surface area contributed by atoms with E-state index in [9.17, 15) is 18.3 Å². The first-order valence-electron chi connectivity index (χ1n) is 6.96. The minimum Gasteiger partial charge on any atom is -0.493 e. The smallest absolute Gasteiger partial charge is 0.323 e. The van der Waals surface area contributed by atoms with Gasteiger partial charge in [0.25, 0.3) is 0 Å². The molecule has 2 N–H and O–H groups in total. The molecular formula is C15H23NO6S. The molecule has 0 aliphatic carbocycles. The second-order valence-corrected chi connectivity index (χ2v) is 7.98. The molecule has 0 heterocycles. The van der Waals surface area contributed by atoms with Gasteiger partial charge in [-0.05, 0) is 38.5 Å².